The molecule has 3 atom stereocenters. The quantitative estimate of drug-likeness (QED) is 0.894. The maximum atomic E-state index is 13.6. The van der Waals surface area contributed by atoms with Crippen LogP contribution >= 0.6 is 0 Å². The smallest absolute Gasteiger partial charge is 0.126 e. The van der Waals surface area contributed by atoms with Crippen LogP contribution < -0.4 is 5.32 Å². The number of halogens is 1. The Morgan fingerprint density at radius 2 is 2.25 bits per heavy atom. The van der Waals surface area contributed by atoms with Crippen LogP contribution in [0.15, 0.2) is 18.2 Å². The first-order valence-corrected chi connectivity index (χ1v) is 7.59. The summed E-state index contributed by atoms with van der Waals surface area (Å²) < 4.78 is 19.5. The number of hydrogen-bond acceptors (Lipinski definition) is 2. The molecular formula is C17H26FNO. The molecule has 0 aliphatic carbocycles. The molecule has 0 amide bonds. The van der Waals surface area contributed by atoms with Gasteiger partial charge in [-0.25, -0.2) is 4.39 Å². The van der Waals surface area contributed by atoms with Gasteiger partial charge in [0.2, 0.25) is 0 Å². The lowest BCUT2D eigenvalue weighted by atomic mass is 9.89. The van der Waals surface area contributed by atoms with E-state index >= 15 is 0 Å². The first-order chi connectivity index (χ1) is 9.43. The minimum Gasteiger partial charge on any atom is -0.375 e. The summed E-state index contributed by atoms with van der Waals surface area (Å²) in [5.41, 5.74) is 1.69. The third-order valence-corrected chi connectivity index (χ3v) is 4.52. The van der Waals surface area contributed by atoms with Crippen molar-refractivity contribution in [2.45, 2.75) is 64.6 Å². The standard InChI is InChI=1S/C17H26FNO/c1-5-17(4)11-15(8-9-20-17)19-13(3)14-7-6-12(2)16(18)10-14/h6-7,10,13,15,19H,5,8-9,11H2,1-4H3. The molecule has 0 aromatic heterocycles. The lowest BCUT2D eigenvalue weighted by Gasteiger charge is -2.39. The molecule has 0 spiro atoms. The molecule has 3 unspecified atom stereocenters. The molecule has 1 aliphatic heterocycles. The van der Waals surface area contributed by atoms with Crippen molar-refractivity contribution in [2.24, 2.45) is 0 Å². The summed E-state index contributed by atoms with van der Waals surface area (Å²) >= 11 is 0. The molecule has 3 heteroatoms. The normalized spacial score (nSPS) is 28.4. The van der Waals surface area contributed by atoms with Gasteiger partial charge in [0.1, 0.15) is 5.82 Å². The van der Waals surface area contributed by atoms with E-state index in [0.717, 1.165) is 31.4 Å². The van der Waals surface area contributed by atoms with E-state index in [1.807, 2.05) is 12.1 Å². The van der Waals surface area contributed by atoms with E-state index in [-0.39, 0.29) is 17.5 Å². The molecular weight excluding hydrogens is 253 g/mol. The van der Waals surface area contributed by atoms with Crippen molar-refractivity contribution in [2.75, 3.05) is 6.61 Å². The zero-order valence-electron chi connectivity index (χ0n) is 13.0. The summed E-state index contributed by atoms with van der Waals surface area (Å²) in [6, 6.07) is 6.10. The number of rotatable bonds is 4. The maximum absolute atomic E-state index is 13.6. The number of aryl methyl sites for hydroxylation is 1. The molecule has 1 aromatic carbocycles. The van der Waals surface area contributed by atoms with Crippen LogP contribution in [0.25, 0.3) is 0 Å². The molecule has 1 saturated heterocycles. The van der Waals surface area contributed by atoms with Crippen molar-refractivity contribution in [3.8, 4) is 0 Å². The Hall–Kier alpha value is -0.930. The molecule has 1 aromatic rings. The van der Waals surface area contributed by atoms with Crippen LogP contribution in [0, 0.1) is 12.7 Å². The zero-order chi connectivity index (χ0) is 14.8. The van der Waals surface area contributed by atoms with Crippen molar-refractivity contribution >= 4 is 0 Å². The minimum atomic E-state index is -0.124. The van der Waals surface area contributed by atoms with Crippen LogP contribution in [0.4, 0.5) is 4.39 Å². The van der Waals surface area contributed by atoms with Crippen molar-refractivity contribution in [3.05, 3.63) is 35.1 Å². The molecule has 1 aliphatic rings. The summed E-state index contributed by atoms with van der Waals surface area (Å²) in [7, 11) is 0. The van der Waals surface area contributed by atoms with Gasteiger partial charge in [0.05, 0.1) is 5.60 Å². The fourth-order valence-electron chi connectivity index (χ4n) is 2.85. The maximum Gasteiger partial charge on any atom is 0.126 e. The Balaban J connectivity index is 2.00. The van der Waals surface area contributed by atoms with E-state index in [4.69, 9.17) is 4.74 Å². The second kappa shape index (κ2) is 6.23. The van der Waals surface area contributed by atoms with Gasteiger partial charge >= 0.3 is 0 Å². The summed E-state index contributed by atoms with van der Waals surface area (Å²) in [6.45, 7) is 9.04. The average Bonchev–Trinajstić information content (AvgIpc) is 2.42. The molecule has 1 heterocycles. The highest BCUT2D eigenvalue weighted by Crippen LogP contribution is 2.29. The first kappa shape index (κ1) is 15.5. The van der Waals surface area contributed by atoms with Gasteiger partial charge in [-0.15, -0.1) is 0 Å². The van der Waals surface area contributed by atoms with E-state index in [9.17, 15) is 4.39 Å². The SMILES string of the molecule is CCC1(C)CC(NC(C)c2ccc(C)c(F)c2)CCO1. The molecule has 2 nitrogen and oxygen atoms in total. The van der Waals surface area contributed by atoms with E-state index in [1.165, 1.54) is 0 Å². The molecule has 112 valence electrons. The van der Waals surface area contributed by atoms with Gasteiger partial charge in [-0.1, -0.05) is 19.1 Å². The third-order valence-electron chi connectivity index (χ3n) is 4.52. The van der Waals surface area contributed by atoms with E-state index in [2.05, 4.69) is 26.1 Å². The van der Waals surface area contributed by atoms with Gasteiger partial charge < -0.3 is 10.1 Å². The molecule has 2 rings (SSSR count). The third kappa shape index (κ3) is 3.58. The molecule has 0 bridgehead atoms. The predicted octanol–water partition coefficient (Wildman–Crippen LogP) is 4.13. The van der Waals surface area contributed by atoms with Crippen LogP contribution in [0.5, 0.6) is 0 Å². The lowest BCUT2D eigenvalue weighted by Crippen LogP contribution is -2.45. The van der Waals surface area contributed by atoms with Gasteiger partial charge in [-0.2, -0.15) is 0 Å². The second-order valence-corrected chi connectivity index (χ2v) is 6.24. The van der Waals surface area contributed by atoms with Crippen molar-refractivity contribution in [1.82, 2.24) is 5.32 Å². The second-order valence-electron chi connectivity index (χ2n) is 6.24. The van der Waals surface area contributed by atoms with Crippen LogP contribution in [-0.2, 0) is 4.74 Å². The Morgan fingerprint density at radius 1 is 1.50 bits per heavy atom. The Bertz CT molecular complexity index is 462. The lowest BCUT2D eigenvalue weighted by molar-refractivity contribution is -0.0789. The van der Waals surface area contributed by atoms with Crippen LogP contribution in [0.1, 0.15) is 57.2 Å². The highest BCUT2D eigenvalue weighted by Gasteiger charge is 2.32. The zero-order valence-corrected chi connectivity index (χ0v) is 13.0. The van der Waals surface area contributed by atoms with Crippen LogP contribution in [0.3, 0.4) is 0 Å². The number of nitrogens with one attached hydrogen (secondary N) is 1. The minimum absolute atomic E-state index is 0.0197. The Morgan fingerprint density at radius 3 is 2.90 bits per heavy atom. The number of ether oxygens (including phenoxy) is 1. The van der Waals surface area contributed by atoms with Crippen LogP contribution in [-0.4, -0.2) is 18.2 Å². The van der Waals surface area contributed by atoms with Gasteiger partial charge in [0.25, 0.3) is 0 Å². The molecule has 1 N–H and O–H groups in total. The largest absolute Gasteiger partial charge is 0.375 e. The summed E-state index contributed by atoms with van der Waals surface area (Å²) in [5, 5.41) is 3.62. The Labute approximate surface area is 121 Å². The molecule has 0 saturated carbocycles. The fourth-order valence-corrected chi connectivity index (χ4v) is 2.85. The molecule has 0 radical (unpaired) electrons. The fraction of sp³-hybridized carbons (Fsp3) is 0.647. The van der Waals surface area contributed by atoms with Crippen molar-refractivity contribution < 1.29 is 9.13 Å². The van der Waals surface area contributed by atoms with E-state index in [0.29, 0.717) is 11.6 Å². The monoisotopic (exact) mass is 279 g/mol. The number of benzene rings is 1. The van der Waals surface area contributed by atoms with E-state index < -0.39 is 0 Å². The molecule has 1 fully saturated rings. The number of hydrogen-bond donors (Lipinski definition) is 1. The molecule has 20 heavy (non-hydrogen) atoms. The topological polar surface area (TPSA) is 21.3 Å². The highest BCUT2D eigenvalue weighted by molar-refractivity contribution is 5.25. The van der Waals surface area contributed by atoms with Crippen molar-refractivity contribution in [1.29, 1.82) is 0 Å². The average molecular weight is 279 g/mol. The van der Waals surface area contributed by atoms with Gasteiger partial charge in [0, 0.05) is 18.7 Å². The summed E-state index contributed by atoms with van der Waals surface area (Å²) in [5.74, 6) is -0.124. The van der Waals surface area contributed by atoms with Gasteiger partial charge in [-0.3, -0.25) is 0 Å². The Kier molecular flexibility index (Phi) is 4.82. The van der Waals surface area contributed by atoms with Crippen LogP contribution in [0.2, 0.25) is 0 Å². The summed E-state index contributed by atoms with van der Waals surface area (Å²) in [4.78, 5) is 0. The van der Waals surface area contributed by atoms with Gasteiger partial charge in [0.15, 0.2) is 0 Å². The van der Waals surface area contributed by atoms with Gasteiger partial charge in [-0.05, 0) is 57.2 Å². The van der Waals surface area contributed by atoms with Crippen molar-refractivity contribution in [3.63, 3.8) is 0 Å². The first-order valence-electron chi connectivity index (χ1n) is 7.59. The summed E-state index contributed by atoms with van der Waals surface area (Å²) in [6.07, 6.45) is 3.06. The van der Waals surface area contributed by atoms with E-state index in [1.54, 1.807) is 13.0 Å². The predicted molar refractivity (Wildman–Crippen MR) is 80.4 cm³/mol. The highest BCUT2D eigenvalue weighted by atomic mass is 19.1.